The topological polar surface area (TPSA) is 40.2 Å². The molecule has 1 aliphatic rings. The number of aromatic nitrogens is 1. The Balaban J connectivity index is 1.62. The molecule has 0 radical (unpaired) electrons. The second-order valence-corrected chi connectivity index (χ2v) is 7.07. The van der Waals surface area contributed by atoms with Gasteiger partial charge in [-0.1, -0.05) is 19.9 Å². The Bertz CT molecular complexity index is 464. The van der Waals surface area contributed by atoms with Gasteiger partial charge in [-0.3, -0.25) is 0 Å². The Labute approximate surface area is 139 Å². The molecule has 2 rings (SSSR count). The van der Waals surface area contributed by atoms with Crippen LogP contribution in [0.3, 0.4) is 0 Å². The number of aryl methyl sites for hydroxylation is 1. The fraction of sp³-hybridized carbons (Fsp3) is 0.647. The quantitative estimate of drug-likeness (QED) is 0.644. The van der Waals surface area contributed by atoms with Crippen molar-refractivity contribution in [2.45, 2.75) is 33.6 Å². The van der Waals surface area contributed by atoms with Gasteiger partial charge in [0.1, 0.15) is 5.82 Å². The van der Waals surface area contributed by atoms with E-state index in [1.54, 1.807) is 0 Å². The molecule has 122 valence electrons. The average Bonchev–Trinajstić information content (AvgIpc) is 2.45. The summed E-state index contributed by atoms with van der Waals surface area (Å²) in [7, 11) is 0. The summed E-state index contributed by atoms with van der Waals surface area (Å²) >= 11 is 5.30. The van der Waals surface area contributed by atoms with E-state index < -0.39 is 0 Å². The van der Waals surface area contributed by atoms with Crippen LogP contribution in [0.5, 0.6) is 0 Å². The number of thiocarbonyl (C=S) groups is 1. The molecule has 0 aromatic carbocycles. The third-order valence-corrected chi connectivity index (χ3v) is 4.28. The molecule has 1 fully saturated rings. The molecule has 1 aliphatic heterocycles. The lowest BCUT2D eigenvalue weighted by molar-refractivity contribution is 0.140. The van der Waals surface area contributed by atoms with E-state index in [9.17, 15) is 0 Å². The molecule has 0 saturated carbocycles. The SMILES string of the molecule is Cc1ccc(NC(=S)NCCCN2CC(C)CC(C)C2)nc1. The van der Waals surface area contributed by atoms with Gasteiger partial charge in [-0.15, -0.1) is 0 Å². The van der Waals surface area contributed by atoms with Crippen LogP contribution in [-0.2, 0) is 0 Å². The molecular weight excluding hydrogens is 292 g/mol. The molecule has 1 saturated heterocycles. The molecule has 2 N–H and O–H groups in total. The van der Waals surface area contributed by atoms with Crippen LogP contribution in [0.2, 0.25) is 0 Å². The Kier molecular flexibility index (Phi) is 6.58. The molecule has 5 heteroatoms. The molecule has 22 heavy (non-hydrogen) atoms. The molecule has 2 unspecified atom stereocenters. The first-order chi connectivity index (χ1) is 10.5. The zero-order chi connectivity index (χ0) is 15.9. The van der Waals surface area contributed by atoms with Gasteiger partial charge in [0.25, 0.3) is 0 Å². The van der Waals surface area contributed by atoms with Crippen LogP contribution >= 0.6 is 12.2 Å². The predicted octanol–water partition coefficient (Wildman–Crippen LogP) is 3.04. The molecule has 0 spiro atoms. The Morgan fingerprint density at radius 1 is 1.32 bits per heavy atom. The van der Waals surface area contributed by atoms with Crippen molar-refractivity contribution in [3.05, 3.63) is 23.9 Å². The minimum atomic E-state index is 0.650. The second-order valence-electron chi connectivity index (χ2n) is 6.66. The van der Waals surface area contributed by atoms with E-state index in [0.29, 0.717) is 5.11 Å². The summed E-state index contributed by atoms with van der Waals surface area (Å²) in [6.45, 7) is 11.3. The number of pyridine rings is 1. The van der Waals surface area contributed by atoms with E-state index in [1.807, 2.05) is 25.3 Å². The molecular formula is C17H28N4S. The number of piperidine rings is 1. The van der Waals surface area contributed by atoms with Crippen molar-refractivity contribution in [2.24, 2.45) is 11.8 Å². The summed E-state index contributed by atoms with van der Waals surface area (Å²) in [5, 5.41) is 7.03. The third kappa shape index (κ3) is 5.89. The molecule has 0 bridgehead atoms. The number of nitrogens with zero attached hydrogens (tertiary/aromatic N) is 2. The van der Waals surface area contributed by atoms with E-state index in [1.165, 1.54) is 19.5 Å². The summed E-state index contributed by atoms with van der Waals surface area (Å²) in [4.78, 5) is 6.87. The predicted molar refractivity (Wildman–Crippen MR) is 97.2 cm³/mol. The maximum Gasteiger partial charge on any atom is 0.171 e. The first-order valence-corrected chi connectivity index (χ1v) is 8.63. The summed E-state index contributed by atoms with van der Waals surface area (Å²) in [5.41, 5.74) is 1.15. The monoisotopic (exact) mass is 320 g/mol. The largest absolute Gasteiger partial charge is 0.362 e. The second kappa shape index (κ2) is 8.44. The maximum atomic E-state index is 5.30. The van der Waals surface area contributed by atoms with Crippen molar-refractivity contribution in [1.82, 2.24) is 15.2 Å². The minimum Gasteiger partial charge on any atom is -0.362 e. The van der Waals surface area contributed by atoms with Crippen molar-refractivity contribution >= 4 is 23.1 Å². The molecule has 1 aromatic heterocycles. The average molecular weight is 321 g/mol. The van der Waals surface area contributed by atoms with E-state index >= 15 is 0 Å². The van der Waals surface area contributed by atoms with Crippen LogP contribution in [0.1, 0.15) is 32.3 Å². The third-order valence-electron chi connectivity index (χ3n) is 4.03. The normalized spacial score (nSPS) is 22.3. The van der Waals surface area contributed by atoms with Crippen molar-refractivity contribution in [1.29, 1.82) is 0 Å². The van der Waals surface area contributed by atoms with Gasteiger partial charge < -0.3 is 15.5 Å². The number of anilines is 1. The fourth-order valence-electron chi connectivity index (χ4n) is 3.18. The number of hydrogen-bond acceptors (Lipinski definition) is 3. The molecule has 4 nitrogen and oxygen atoms in total. The van der Waals surface area contributed by atoms with Crippen LogP contribution in [0.15, 0.2) is 18.3 Å². The van der Waals surface area contributed by atoms with E-state index in [-0.39, 0.29) is 0 Å². The van der Waals surface area contributed by atoms with Gasteiger partial charge >= 0.3 is 0 Å². The van der Waals surface area contributed by atoms with Crippen LogP contribution in [0, 0.1) is 18.8 Å². The first-order valence-electron chi connectivity index (χ1n) is 8.23. The highest BCUT2D eigenvalue weighted by atomic mass is 32.1. The van der Waals surface area contributed by atoms with Crippen LogP contribution < -0.4 is 10.6 Å². The highest BCUT2D eigenvalue weighted by Gasteiger charge is 2.20. The van der Waals surface area contributed by atoms with Gasteiger partial charge in [0, 0.05) is 25.8 Å². The minimum absolute atomic E-state index is 0.650. The number of likely N-dealkylation sites (tertiary alicyclic amines) is 1. The summed E-state index contributed by atoms with van der Waals surface area (Å²) in [6.07, 6.45) is 4.32. The van der Waals surface area contributed by atoms with Gasteiger partial charge in [-0.25, -0.2) is 4.98 Å². The number of rotatable bonds is 5. The number of nitrogens with one attached hydrogen (secondary N) is 2. The van der Waals surface area contributed by atoms with Crippen molar-refractivity contribution < 1.29 is 0 Å². The van der Waals surface area contributed by atoms with E-state index in [0.717, 1.165) is 42.7 Å². The van der Waals surface area contributed by atoms with Crippen LogP contribution in [0.4, 0.5) is 5.82 Å². The standard InChI is InChI=1S/C17H28N4S/c1-13-5-6-16(19-10-13)20-17(22)18-7-4-8-21-11-14(2)9-15(3)12-21/h5-6,10,14-15H,4,7-9,11-12H2,1-3H3,(H2,18,19,20,22). The summed E-state index contributed by atoms with van der Waals surface area (Å²) < 4.78 is 0. The lowest BCUT2D eigenvalue weighted by Crippen LogP contribution is -2.40. The lowest BCUT2D eigenvalue weighted by Gasteiger charge is -2.34. The Morgan fingerprint density at radius 3 is 2.68 bits per heavy atom. The highest BCUT2D eigenvalue weighted by molar-refractivity contribution is 7.80. The molecule has 0 amide bonds. The molecule has 2 heterocycles. The summed E-state index contributed by atoms with van der Waals surface area (Å²) in [6, 6.07) is 3.97. The van der Waals surface area contributed by atoms with Crippen molar-refractivity contribution in [3.63, 3.8) is 0 Å². The molecule has 0 aliphatic carbocycles. The fourth-order valence-corrected chi connectivity index (χ4v) is 3.39. The first kappa shape index (κ1) is 17.2. The zero-order valence-electron chi connectivity index (χ0n) is 13.9. The highest BCUT2D eigenvalue weighted by Crippen LogP contribution is 2.20. The summed E-state index contributed by atoms with van der Waals surface area (Å²) in [5.74, 6) is 2.45. The van der Waals surface area contributed by atoms with Crippen molar-refractivity contribution in [3.8, 4) is 0 Å². The van der Waals surface area contributed by atoms with E-state index in [4.69, 9.17) is 12.2 Å². The zero-order valence-corrected chi connectivity index (χ0v) is 14.7. The van der Waals surface area contributed by atoms with Crippen LogP contribution in [0.25, 0.3) is 0 Å². The maximum absolute atomic E-state index is 5.30. The van der Waals surface area contributed by atoms with E-state index in [2.05, 4.69) is 34.4 Å². The molecule has 2 atom stereocenters. The van der Waals surface area contributed by atoms with Gasteiger partial charge in [0.2, 0.25) is 0 Å². The van der Waals surface area contributed by atoms with Gasteiger partial charge in [0.15, 0.2) is 5.11 Å². The lowest BCUT2D eigenvalue weighted by atomic mass is 9.92. The van der Waals surface area contributed by atoms with Gasteiger partial charge in [-0.2, -0.15) is 0 Å². The van der Waals surface area contributed by atoms with Crippen LogP contribution in [-0.4, -0.2) is 41.2 Å². The Hall–Kier alpha value is -1.20. The smallest absolute Gasteiger partial charge is 0.171 e. The van der Waals surface area contributed by atoms with Gasteiger partial charge in [-0.05, 0) is 62.0 Å². The Morgan fingerprint density at radius 2 is 2.05 bits per heavy atom. The van der Waals surface area contributed by atoms with Gasteiger partial charge in [0.05, 0.1) is 0 Å². The number of hydrogen-bond donors (Lipinski definition) is 2. The molecule has 1 aromatic rings. The van der Waals surface area contributed by atoms with Crippen molar-refractivity contribution in [2.75, 3.05) is 31.5 Å².